The summed E-state index contributed by atoms with van der Waals surface area (Å²) in [6.45, 7) is 3.82. The van der Waals surface area contributed by atoms with E-state index in [1.165, 1.54) is 0 Å². The highest BCUT2D eigenvalue weighted by molar-refractivity contribution is 7.91. The van der Waals surface area contributed by atoms with E-state index in [1.807, 2.05) is 6.92 Å². The second-order valence-electron chi connectivity index (χ2n) is 4.64. The topological polar surface area (TPSA) is 83.5 Å². The van der Waals surface area contributed by atoms with E-state index in [1.54, 1.807) is 31.2 Å². The zero-order valence-electron chi connectivity index (χ0n) is 11.8. The summed E-state index contributed by atoms with van der Waals surface area (Å²) in [5.41, 5.74) is 0.473. The first-order valence-electron chi connectivity index (χ1n) is 6.70. The van der Waals surface area contributed by atoms with Crippen molar-refractivity contribution >= 4 is 21.5 Å². The summed E-state index contributed by atoms with van der Waals surface area (Å²) in [4.78, 5) is 11.2. The van der Waals surface area contributed by atoms with Gasteiger partial charge < -0.3 is 10.4 Å². The van der Waals surface area contributed by atoms with Gasteiger partial charge in [-0.05, 0) is 25.0 Å². The van der Waals surface area contributed by atoms with Gasteiger partial charge in [-0.15, -0.1) is 0 Å². The van der Waals surface area contributed by atoms with Crippen LogP contribution in [0.3, 0.4) is 0 Å². The van der Waals surface area contributed by atoms with Crippen molar-refractivity contribution in [3.05, 3.63) is 24.3 Å². The van der Waals surface area contributed by atoms with E-state index in [0.29, 0.717) is 18.5 Å². The summed E-state index contributed by atoms with van der Waals surface area (Å²) in [5, 5.41) is 12.0. The molecule has 0 aromatic heterocycles. The Morgan fingerprint density at radius 2 is 1.95 bits per heavy atom. The van der Waals surface area contributed by atoms with Gasteiger partial charge in [0.25, 0.3) is 0 Å². The fraction of sp³-hybridized carbons (Fsp3) is 0.500. The molecule has 0 saturated carbocycles. The molecular formula is C14H21NO4S. The fourth-order valence-corrected chi connectivity index (χ4v) is 3.42. The standard InChI is InChI=1S/C14H21NO4S/c1-3-9-20(18,19)13-8-6-5-7-12(13)15-10-11(4-2)14(16)17/h5-8,11,15H,3-4,9-10H2,1-2H3,(H,16,17). The van der Waals surface area contributed by atoms with Crippen molar-refractivity contribution in [2.75, 3.05) is 17.6 Å². The molecule has 0 spiro atoms. The Morgan fingerprint density at radius 1 is 1.30 bits per heavy atom. The Morgan fingerprint density at radius 3 is 2.50 bits per heavy atom. The third kappa shape index (κ3) is 4.23. The first-order chi connectivity index (χ1) is 9.42. The molecule has 1 rings (SSSR count). The number of benzene rings is 1. The van der Waals surface area contributed by atoms with E-state index in [2.05, 4.69) is 5.32 Å². The number of hydrogen-bond acceptors (Lipinski definition) is 4. The number of carboxylic acid groups (broad SMARTS) is 1. The molecule has 0 aliphatic rings. The van der Waals surface area contributed by atoms with Crippen molar-refractivity contribution < 1.29 is 18.3 Å². The highest BCUT2D eigenvalue weighted by atomic mass is 32.2. The maximum Gasteiger partial charge on any atom is 0.308 e. The SMILES string of the molecule is CCCS(=O)(=O)c1ccccc1NCC(CC)C(=O)O. The van der Waals surface area contributed by atoms with E-state index in [4.69, 9.17) is 5.11 Å². The summed E-state index contributed by atoms with van der Waals surface area (Å²) in [7, 11) is -3.33. The first-order valence-corrected chi connectivity index (χ1v) is 8.36. The molecule has 0 aliphatic carbocycles. The first kappa shape index (κ1) is 16.5. The Balaban J connectivity index is 2.94. The summed E-state index contributed by atoms with van der Waals surface area (Å²) in [5.74, 6) is -1.33. The lowest BCUT2D eigenvalue weighted by atomic mass is 10.1. The van der Waals surface area contributed by atoms with E-state index >= 15 is 0 Å². The quantitative estimate of drug-likeness (QED) is 0.770. The molecule has 6 heteroatoms. The van der Waals surface area contributed by atoms with Crippen LogP contribution < -0.4 is 5.32 Å². The lowest BCUT2D eigenvalue weighted by molar-refractivity contribution is -0.141. The van der Waals surface area contributed by atoms with Crippen molar-refractivity contribution in [1.29, 1.82) is 0 Å². The molecule has 1 atom stereocenters. The number of carboxylic acids is 1. The van der Waals surface area contributed by atoms with E-state index in [9.17, 15) is 13.2 Å². The highest BCUT2D eigenvalue weighted by Gasteiger charge is 2.19. The molecule has 0 fully saturated rings. The molecule has 0 saturated heterocycles. The van der Waals surface area contributed by atoms with Crippen molar-refractivity contribution in [1.82, 2.24) is 0 Å². The second-order valence-corrected chi connectivity index (χ2v) is 6.72. The Labute approximate surface area is 119 Å². The van der Waals surface area contributed by atoms with Crippen molar-refractivity contribution in [2.45, 2.75) is 31.6 Å². The molecule has 1 aromatic rings. The van der Waals surface area contributed by atoms with Crippen LogP contribution in [-0.4, -0.2) is 31.8 Å². The molecule has 112 valence electrons. The maximum absolute atomic E-state index is 12.1. The molecule has 2 N–H and O–H groups in total. The molecule has 0 radical (unpaired) electrons. The molecule has 0 bridgehead atoms. The van der Waals surface area contributed by atoms with Gasteiger partial charge in [0.2, 0.25) is 0 Å². The summed E-state index contributed by atoms with van der Waals surface area (Å²) in [6.07, 6.45) is 1.04. The van der Waals surface area contributed by atoms with Gasteiger partial charge >= 0.3 is 5.97 Å². The average molecular weight is 299 g/mol. The second kappa shape index (κ2) is 7.28. The smallest absolute Gasteiger partial charge is 0.308 e. The monoisotopic (exact) mass is 299 g/mol. The van der Waals surface area contributed by atoms with Crippen LogP contribution in [-0.2, 0) is 14.6 Å². The minimum absolute atomic E-state index is 0.0851. The Kier molecular flexibility index (Phi) is 6.01. The largest absolute Gasteiger partial charge is 0.481 e. The molecule has 5 nitrogen and oxygen atoms in total. The van der Waals surface area contributed by atoms with Gasteiger partial charge in [0.05, 0.1) is 22.3 Å². The van der Waals surface area contributed by atoms with Crippen LogP contribution in [0.5, 0.6) is 0 Å². The number of nitrogens with one attached hydrogen (secondary N) is 1. The van der Waals surface area contributed by atoms with Gasteiger partial charge in [-0.2, -0.15) is 0 Å². The number of para-hydroxylation sites is 1. The van der Waals surface area contributed by atoms with Gasteiger partial charge in [-0.25, -0.2) is 8.42 Å². The zero-order chi connectivity index (χ0) is 15.2. The van der Waals surface area contributed by atoms with Gasteiger partial charge in [-0.1, -0.05) is 26.0 Å². The van der Waals surface area contributed by atoms with Crippen LogP contribution in [0.4, 0.5) is 5.69 Å². The number of rotatable bonds is 8. The molecular weight excluding hydrogens is 278 g/mol. The van der Waals surface area contributed by atoms with Crippen molar-refractivity contribution in [3.63, 3.8) is 0 Å². The summed E-state index contributed by atoms with van der Waals surface area (Å²) >= 11 is 0. The number of aliphatic carboxylic acids is 1. The normalized spacial score (nSPS) is 12.9. The van der Waals surface area contributed by atoms with Crippen LogP contribution >= 0.6 is 0 Å². The van der Waals surface area contributed by atoms with Gasteiger partial charge in [0.1, 0.15) is 0 Å². The summed E-state index contributed by atoms with van der Waals surface area (Å²) in [6, 6.07) is 6.61. The van der Waals surface area contributed by atoms with Crippen LogP contribution in [0.2, 0.25) is 0 Å². The number of sulfone groups is 1. The van der Waals surface area contributed by atoms with Crippen LogP contribution in [0.25, 0.3) is 0 Å². The molecule has 0 heterocycles. The van der Waals surface area contributed by atoms with Gasteiger partial charge in [-0.3, -0.25) is 4.79 Å². The summed E-state index contributed by atoms with van der Waals surface area (Å²) < 4.78 is 24.3. The minimum Gasteiger partial charge on any atom is -0.481 e. The van der Waals surface area contributed by atoms with Crippen LogP contribution in [0.15, 0.2) is 29.2 Å². The third-order valence-electron chi connectivity index (χ3n) is 3.08. The van der Waals surface area contributed by atoms with Crippen molar-refractivity contribution in [2.24, 2.45) is 5.92 Å². The maximum atomic E-state index is 12.1. The fourth-order valence-electron chi connectivity index (χ4n) is 1.90. The predicted molar refractivity (Wildman–Crippen MR) is 78.7 cm³/mol. The minimum atomic E-state index is -3.33. The van der Waals surface area contributed by atoms with E-state index in [-0.39, 0.29) is 17.2 Å². The Bertz CT molecular complexity index is 554. The number of hydrogen-bond donors (Lipinski definition) is 2. The van der Waals surface area contributed by atoms with Gasteiger partial charge in [0.15, 0.2) is 9.84 Å². The highest BCUT2D eigenvalue weighted by Crippen LogP contribution is 2.23. The van der Waals surface area contributed by atoms with Crippen LogP contribution in [0.1, 0.15) is 26.7 Å². The lowest BCUT2D eigenvalue weighted by Crippen LogP contribution is -2.23. The number of carbonyl (C=O) groups is 1. The molecule has 1 unspecified atom stereocenters. The van der Waals surface area contributed by atoms with Crippen LogP contribution in [0, 0.1) is 5.92 Å². The van der Waals surface area contributed by atoms with E-state index in [0.717, 1.165) is 0 Å². The average Bonchev–Trinajstić information content (AvgIpc) is 2.39. The van der Waals surface area contributed by atoms with Crippen molar-refractivity contribution in [3.8, 4) is 0 Å². The third-order valence-corrected chi connectivity index (χ3v) is 5.05. The molecule has 1 aromatic carbocycles. The molecule has 20 heavy (non-hydrogen) atoms. The molecule has 0 aliphatic heterocycles. The zero-order valence-corrected chi connectivity index (χ0v) is 12.6. The van der Waals surface area contributed by atoms with Gasteiger partial charge in [0, 0.05) is 6.54 Å². The predicted octanol–water partition coefficient (Wildman–Crippen LogP) is 2.39. The molecule has 0 amide bonds. The Hall–Kier alpha value is -1.56. The number of anilines is 1. The van der Waals surface area contributed by atoms with E-state index < -0.39 is 21.7 Å². The lowest BCUT2D eigenvalue weighted by Gasteiger charge is -2.15.